The van der Waals surface area contributed by atoms with Gasteiger partial charge in [0.2, 0.25) is 5.91 Å². The second-order valence-electron chi connectivity index (χ2n) is 4.88. The number of carbonyl (C=O) groups is 1. The minimum Gasteiger partial charge on any atom is -0.339 e. The molecule has 1 N–H and O–H groups in total. The SMILES string of the molecule is CN1CCN(C(=O)CNCc2ccccc2F)CC1. The molecular formula is C14H20FN3O. The van der Waals surface area contributed by atoms with Crippen LogP contribution in [0.5, 0.6) is 0 Å². The van der Waals surface area contributed by atoms with Gasteiger partial charge in [-0.25, -0.2) is 4.39 Å². The third-order valence-corrected chi connectivity index (χ3v) is 3.41. The lowest BCUT2D eigenvalue weighted by Crippen LogP contribution is -2.49. The molecule has 4 nitrogen and oxygen atoms in total. The molecule has 0 aromatic heterocycles. The highest BCUT2D eigenvalue weighted by atomic mass is 19.1. The van der Waals surface area contributed by atoms with Gasteiger partial charge in [-0.3, -0.25) is 4.79 Å². The Bertz CT molecular complexity index is 430. The summed E-state index contributed by atoms with van der Waals surface area (Å²) in [6.07, 6.45) is 0. The largest absolute Gasteiger partial charge is 0.339 e. The summed E-state index contributed by atoms with van der Waals surface area (Å²) < 4.78 is 13.4. The van der Waals surface area contributed by atoms with Crippen molar-refractivity contribution in [3.63, 3.8) is 0 Å². The van der Waals surface area contributed by atoms with Crippen LogP contribution in [0, 0.1) is 5.82 Å². The monoisotopic (exact) mass is 265 g/mol. The highest BCUT2D eigenvalue weighted by Gasteiger charge is 2.18. The third-order valence-electron chi connectivity index (χ3n) is 3.41. The highest BCUT2D eigenvalue weighted by molar-refractivity contribution is 5.78. The minimum atomic E-state index is -0.234. The molecule has 5 heteroatoms. The molecule has 1 aliphatic heterocycles. The molecule has 0 saturated carbocycles. The molecule has 1 fully saturated rings. The van der Waals surface area contributed by atoms with Crippen molar-refractivity contribution < 1.29 is 9.18 Å². The number of carbonyl (C=O) groups excluding carboxylic acids is 1. The van der Waals surface area contributed by atoms with Gasteiger partial charge in [0.15, 0.2) is 0 Å². The van der Waals surface area contributed by atoms with Gasteiger partial charge in [0.25, 0.3) is 0 Å². The molecule has 1 amide bonds. The quantitative estimate of drug-likeness (QED) is 0.870. The number of amides is 1. The van der Waals surface area contributed by atoms with Gasteiger partial charge < -0.3 is 15.1 Å². The molecule has 0 spiro atoms. The molecule has 104 valence electrons. The van der Waals surface area contributed by atoms with Gasteiger partial charge in [0.1, 0.15) is 5.82 Å². The average Bonchev–Trinajstić information content (AvgIpc) is 2.41. The molecule has 0 aliphatic carbocycles. The Hall–Kier alpha value is -1.46. The summed E-state index contributed by atoms with van der Waals surface area (Å²) in [6, 6.07) is 6.61. The Labute approximate surface area is 113 Å². The van der Waals surface area contributed by atoms with Gasteiger partial charge in [0.05, 0.1) is 6.54 Å². The zero-order chi connectivity index (χ0) is 13.7. The summed E-state index contributed by atoms with van der Waals surface area (Å²) in [5, 5.41) is 3.01. The van der Waals surface area contributed by atoms with Crippen LogP contribution in [0.15, 0.2) is 24.3 Å². The van der Waals surface area contributed by atoms with Gasteiger partial charge in [0, 0.05) is 38.3 Å². The fourth-order valence-corrected chi connectivity index (χ4v) is 2.11. The minimum absolute atomic E-state index is 0.0874. The number of likely N-dealkylation sites (N-methyl/N-ethyl adjacent to an activating group) is 1. The van der Waals surface area contributed by atoms with Gasteiger partial charge in [-0.1, -0.05) is 18.2 Å². The molecule has 0 bridgehead atoms. The van der Waals surface area contributed by atoms with E-state index in [1.165, 1.54) is 6.07 Å². The summed E-state index contributed by atoms with van der Waals surface area (Å²) in [6.45, 7) is 4.02. The van der Waals surface area contributed by atoms with Gasteiger partial charge in [-0.2, -0.15) is 0 Å². The van der Waals surface area contributed by atoms with Crippen molar-refractivity contribution in [2.24, 2.45) is 0 Å². The van der Waals surface area contributed by atoms with Gasteiger partial charge >= 0.3 is 0 Å². The van der Waals surface area contributed by atoms with Crippen LogP contribution < -0.4 is 5.32 Å². The number of nitrogens with one attached hydrogen (secondary N) is 1. The van der Waals surface area contributed by atoms with E-state index in [1.807, 2.05) is 4.90 Å². The Kier molecular flexibility index (Phi) is 4.87. The van der Waals surface area contributed by atoms with Crippen LogP contribution in [-0.4, -0.2) is 55.5 Å². The first-order chi connectivity index (χ1) is 9.16. The first-order valence-electron chi connectivity index (χ1n) is 6.57. The molecule has 0 radical (unpaired) electrons. The molecule has 1 aromatic carbocycles. The van der Waals surface area contributed by atoms with E-state index >= 15 is 0 Å². The fourth-order valence-electron chi connectivity index (χ4n) is 2.11. The van der Waals surface area contributed by atoms with Crippen molar-refractivity contribution in [2.75, 3.05) is 39.8 Å². The first kappa shape index (κ1) is 14.0. The van der Waals surface area contributed by atoms with E-state index in [1.54, 1.807) is 18.2 Å². The number of hydrogen-bond donors (Lipinski definition) is 1. The standard InChI is InChI=1S/C14H20FN3O/c1-17-6-8-18(9-7-17)14(19)11-16-10-12-4-2-3-5-13(12)15/h2-5,16H,6-11H2,1H3. The smallest absolute Gasteiger partial charge is 0.236 e. The van der Waals surface area contributed by atoms with Crippen LogP contribution in [-0.2, 0) is 11.3 Å². The van der Waals surface area contributed by atoms with E-state index in [0.717, 1.165) is 26.2 Å². The van der Waals surface area contributed by atoms with Crippen LogP contribution in [0.1, 0.15) is 5.56 Å². The van der Waals surface area contributed by atoms with E-state index in [2.05, 4.69) is 17.3 Å². The molecule has 0 atom stereocenters. The number of nitrogens with zero attached hydrogens (tertiary/aromatic N) is 2. The zero-order valence-corrected chi connectivity index (χ0v) is 11.2. The molecule has 1 saturated heterocycles. The number of hydrogen-bond acceptors (Lipinski definition) is 3. The maximum absolute atomic E-state index is 13.4. The Balaban J connectivity index is 1.74. The molecular weight excluding hydrogens is 245 g/mol. The summed E-state index contributed by atoms with van der Waals surface area (Å²) >= 11 is 0. The number of benzene rings is 1. The lowest BCUT2D eigenvalue weighted by Gasteiger charge is -2.32. The summed E-state index contributed by atoms with van der Waals surface area (Å²) in [5.74, 6) is -0.147. The summed E-state index contributed by atoms with van der Waals surface area (Å²) in [4.78, 5) is 16.0. The molecule has 1 aliphatic rings. The molecule has 0 unspecified atom stereocenters. The molecule has 1 heterocycles. The van der Waals surface area contributed by atoms with Crippen molar-refractivity contribution >= 4 is 5.91 Å². The highest BCUT2D eigenvalue weighted by Crippen LogP contribution is 2.05. The topological polar surface area (TPSA) is 35.6 Å². The van der Waals surface area contributed by atoms with E-state index in [9.17, 15) is 9.18 Å². The van der Waals surface area contributed by atoms with Crippen molar-refractivity contribution in [1.29, 1.82) is 0 Å². The first-order valence-corrected chi connectivity index (χ1v) is 6.57. The zero-order valence-electron chi connectivity index (χ0n) is 11.2. The van der Waals surface area contributed by atoms with Crippen LogP contribution in [0.3, 0.4) is 0 Å². The van der Waals surface area contributed by atoms with Crippen molar-refractivity contribution in [3.8, 4) is 0 Å². The predicted octanol–water partition coefficient (Wildman–Crippen LogP) is 0.689. The maximum atomic E-state index is 13.4. The van der Waals surface area contributed by atoms with Gasteiger partial charge in [-0.15, -0.1) is 0 Å². The molecule has 19 heavy (non-hydrogen) atoms. The maximum Gasteiger partial charge on any atom is 0.236 e. The lowest BCUT2D eigenvalue weighted by molar-refractivity contribution is -0.131. The predicted molar refractivity (Wildman–Crippen MR) is 72.2 cm³/mol. The van der Waals surface area contributed by atoms with E-state index in [-0.39, 0.29) is 18.3 Å². The fraction of sp³-hybridized carbons (Fsp3) is 0.500. The van der Waals surface area contributed by atoms with E-state index in [0.29, 0.717) is 12.1 Å². The second-order valence-corrected chi connectivity index (χ2v) is 4.88. The molecule has 2 rings (SSSR count). The van der Waals surface area contributed by atoms with Crippen molar-refractivity contribution in [2.45, 2.75) is 6.54 Å². The summed E-state index contributed by atoms with van der Waals surface area (Å²) in [7, 11) is 2.05. The number of rotatable bonds is 4. The van der Waals surface area contributed by atoms with Crippen LogP contribution in [0.2, 0.25) is 0 Å². The third kappa shape index (κ3) is 4.01. The average molecular weight is 265 g/mol. The Morgan fingerprint density at radius 2 is 1.95 bits per heavy atom. The van der Waals surface area contributed by atoms with Gasteiger partial charge in [-0.05, 0) is 13.1 Å². The number of halogens is 1. The number of piperazine rings is 1. The van der Waals surface area contributed by atoms with Crippen LogP contribution >= 0.6 is 0 Å². The van der Waals surface area contributed by atoms with E-state index in [4.69, 9.17) is 0 Å². The van der Waals surface area contributed by atoms with Crippen LogP contribution in [0.4, 0.5) is 4.39 Å². The molecule has 1 aromatic rings. The normalized spacial score (nSPS) is 16.6. The summed E-state index contributed by atoms with van der Waals surface area (Å²) in [5.41, 5.74) is 0.591. The van der Waals surface area contributed by atoms with Crippen LogP contribution in [0.25, 0.3) is 0 Å². The Morgan fingerprint density at radius 1 is 1.26 bits per heavy atom. The van der Waals surface area contributed by atoms with Crippen molar-refractivity contribution in [3.05, 3.63) is 35.6 Å². The Morgan fingerprint density at radius 3 is 2.63 bits per heavy atom. The van der Waals surface area contributed by atoms with E-state index < -0.39 is 0 Å². The van der Waals surface area contributed by atoms with Crippen molar-refractivity contribution in [1.82, 2.24) is 15.1 Å². The second kappa shape index (κ2) is 6.63. The lowest BCUT2D eigenvalue weighted by atomic mass is 10.2.